The number of aromatic carboxylic acids is 1. The van der Waals surface area contributed by atoms with E-state index in [1.807, 2.05) is 24.3 Å². The van der Waals surface area contributed by atoms with Crippen molar-refractivity contribution in [1.29, 1.82) is 0 Å². The Kier molecular flexibility index (Phi) is 5.14. The molecule has 0 radical (unpaired) electrons. The highest BCUT2D eigenvalue weighted by Crippen LogP contribution is 2.37. The Balaban J connectivity index is 1.64. The van der Waals surface area contributed by atoms with E-state index < -0.39 is 5.97 Å². The molecule has 1 heterocycles. The molecule has 1 aliphatic rings. The van der Waals surface area contributed by atoms with Gasteiger partial charge >= 0.3 is 5.97 Å². The van der Waals surface area contributed by atoms with E-state index in [9.17, 15) is 9.59 Å². The number of thioether (sulfide) groups is 1. The third-order valence-corrected chi connectivity index (χ3v) is 5.24. The van der Waals surface area contributed by atoms with Crippen molar-refractivity contribution in [2.24, 2.45) is 0 Å². The SMILES string of the molecule is O=C(Cn1cc(C(=O)O)nn1)Nc1ccccc1SC1CCCC1. The highest BCUT2D eigenvalue weighted by atomic mass is 32.2. The summed E-state index contributed by atoms with van der Waals surface area (Å²) in [6.45, 7) is -0.0806. The van der Waals surface area contributed by atoms with Crippen LogP contribution < -0.4 is 5.32 Å². The van der Waals surface area contributed by atoms with Gasteiger partial charge in [0.1, 0.15) is 6.54 Å². The van der Waals surface area contributed by atoms with Gasteiger partial charge in [0.25, 0.3) is 0 Å². The second-order valence-electron chi connectivity index (χ2n) is 5.68. The number of aromatic nitrogens is 3. The summed E-state index contributed by atoms with van der Waals surface area (Å²) in [5.74, 6) is -1.43. The second kappa shape index (κ2) is 7.48. The minimum atomic E-state index is -1.17. The van der Waals surface area contributed by atoms with Gasteiger partial charge < -0.3 is 10.4 Å². The first kappa shape index (κ1) is 16.5. The van der Waals surface area contributed by atoms with Crippen LogP contribution in [0.4, 0.5) is 5.69 Å². The van der Waals surface area contributed by atoms with Gasteiger partial charge in [-0.3, -0.25) is 4.79 Å². The molecule has 0 bridgehead atoms. The standard InChI is InChI=1S/C16H18N4O3S/c21-15(10-20-9-13(16(22)23)18-19-20)17-12-7-3-4-8-14(12)24-11-5-1-2-6-11/h3-4,7-9,11H,1-2,5-6,10H2,(H,17,21)(H,22,23). The number of rotatable bonds is 6. The lowest BCUT2D eigenvalue weighted by atomic mass is 10.3. The summed E-state index contributed by atoms with van der Waals surface area (Å²) in [5.41, 5.74) is 0.595. The molecule has 1 aromatic heterocycles. The summed E-state index contributed by atoms with van der Waals surface area (Å²) in [7, 11) is 0. The van der Waals surface area contributed by atoms with E-state index in [-0.39, 0.29) is 18.1 Å². The van der Waals surface area contributed by atoms with E-state index in [4.69, 9.17) is 5.11 Å². The van der Waals surface area contributed by atoms with Crippen LogP contribution in [0.25, 0.3) is 0 Å². The predicted molar refractivity (Wildman–Crippen MR) is 90.2 cm³/mol. The van der Waals surface area contributed by atoms with Crippen LogP contribution in [0, 0.1) is 0 Å². The average molecular weight is 346 g/mol. The van der Waals surface area contributed by atoms with Crippen molar-refractivity contribution in [3.05, 3.63) is 36.2 Å². The fraction of sp³-hybridized carbons (Fsp3) is 0.375. The third kappa shape index (κ3) is 4.14. The maximum Gasteiger partial charge on any atom is 0.358 e. The van der Waals surface area contributed by atoms with Crippen LogP contribution in [-0.2, 0) is 11.3 Å². The number of anilines is 1. The fourth-order valence-corrected chi connectivity index (χ4v) is 4.00. The molecule has 1 fully saturated rings. The Morgan fingerprint density at radius 2 is 2.04 bits per heavy atom. The monoisotopic (exact) mass is 346 g/mol. The van der Waals surface area contributed by atoms with Crippen molar-refractivity contribution >= 4 is 29.3 Å². The number of carbonyl (C=O) groups excluding carboxylic acids is 1. The number of benzene rings is 1. The largest absolute Gasteiger partial charge is 0.476 e. The first-order valence-corrected chi connectivity index (χ1v) is 8.69. The van der Waals surface area contributed by atoms with Crippen LogP contribution in [0.15, 0.2) is 35.4 Å². The minimum absolute atomic E-state index is 0.0806. The lowest BCUT2D eigenvalue weighted by Crippen LogP contribution is -2.19. The molecule has 0 saturated heterocycles. The number of nitrogens with zero attached hydrogens (tertiary/aromatic N) is 3. The molecule has 1 aromatic carbocycles. The quantitative estimate of drug-likeness (QED) is 0.834. The van der Waals surface area contributed by atoms with Gasteiger partial charge in [-0.2, -0.15) is 0 Å². The molecule has 0 atom stereocenters. The van der Waals surface area contributed by atoms with Gasteiger partial charge in [-0.25, -0.2) is 9.48 Å². The van der Waals surface area contributed by atoms with E-state index in [1.54, 1.807) is 11.8 Å². The zero-order chi connectivity index (χ0) is 16.9. The van der Waals surface area contributed by atoms with Crippen molar-refractivity contribution in [3.63, 3.8) is 0 Å². The van der Waals surface area contributed by atoms with E-state index in [0.29, 0.717) is 5.25 Å². The summed E-state index contributed by atoms with van der Waals surface area (Å²) in [6, 6.07) is 7.73. The summed E-state index contributed by atoms with van der Waals surface area (Å²) < 4.78 is 1.21. The predicted octanol–water partition coefficient (Wildman–Crippen LogP) is 2.65. The molecule has 2 aromatic rings. The Hall–Kier alpha value is -2.35. The van der Waals surface area contributed by atoms with Crippen LogP contribution >= 0.6 is 11.8 Å². The molecule has 1 amide bonds. The van der Waals surface area contributed by atoms with Crippen molar-refractivity contribution in [1.82, 2.24) is 15.0 Å². The fourth-order valence-electron chi connectivity index (χ4n) is 2.67. The maximum absolute atomic E-state index is 12.2. The molecule has 1 aliphatic carbocycles. The normalized spacial score (nSPS) is 14.7. The average Bonchev–Trinajstić information content (AvgIpc) is 3.21. The second-order valence-corrected chi connectivity index (χ2v) is 7.02. The Morgan fingerprint density at radius 3 is 2.75 bits per heavy atom. The molecule has 1 saturated carbocycles. The molecule has 0 unspecified atom stereocenters. The summed E-state index contributed by atoms with van der Waals surface area (Å²) in [4.78, 5) is 24.0. The number of nitrogens with one attached hydrogen (secondary N) is 1. The minimum Gasteiger partial charge on any atom is -0.476 e. The lowest BCUT2D eigenvalue weighted by molar-refractivity contribution is -0.116. The molecular weight excluding hydrogens is 328 g/mol. The van der Waals surface area contributed by atoms with Gasteiger partial charge in [0, 0.05) is 10.1 Å². The van der Waals surface area contributed by atoms with Crippen molar-refractivity contribution in [3.8, 4) is 0 Å². The highest BCUT2D eigenvalue weighted by molar-refractivity contribution is 8.00. The van der Waals surface area contributed by atoms with Gasteiger partial charge in [-0.05, 0) is 25.0 Å². The van der Waals surface area contributed by atoms with E-state index in [1.165, 1.54) is 36.6 Å². The summed E-state index contributed by atoms with van der Waals surface area (Å²) >= 11 is 1.81. The van der Waals surface area contributed by atoms with E-state index >= 15 is 0 Å². The Labute approximate surface area is 143 Å². The number of hydrogen-bond acceptors (Lipinski definition) is 5. The molecule has 24 heavy (non-hydrogen) atoms. The van der Waals surface area contributed by atoms with E-state index in [2.05, 4.69) is 15.6 Å². The van der Waals surface area contributed by atoms with Crippen LogP contribution in [0.2, 0.25) is 0 Å². The zero-order valence-electron chi connectivity index (χ0n) is 13.0. The highest BCUT2D eigenvalue weighted by Gasteiger charge is 2.18. The molecular formula is C16H18N4O3S. The smallest absolute Gasteiger partial charge is 0.358 e. The van der Waals surface area contributed by atoms with Crippen LogP contribution in [0.5, 0.6) is 0 Å². The lowest BCUT2D eigenvalue weighted by Gasteiger charge is -2.14. The molecule has 2 N–H and O–H groups in total. The summed E-state index contributed by atoms with van der Waals surface area (Å²) in [6.07, 6.45) is 6.20. The number of amides is 1. The van der Waals surface area contributed by atoms with Gasteiger partial charge in [-0.1, -0.05) is 30.2 Å². The number of carbonyl (C=O) groups is 2. The summed E-state index contributed by atoms with van der Waals surface area (Å²) in [5, 5.41) is 19.4. The molecule has 3 rings (SSSR count). The zero-order valence-corrected chi connectivity index (χ0v) is 13.8. The number of carboxylic acids is 1. The first-order valence-electron chi connectivity index (χ1n) is 7.81. The number of hydrogen-bond donors (Lipinski definition) is 2. The van der Waals surface area contributed by atoms with Crippen LogP contribution in [-0.4, -0.2) is 37.2 Å². The van der Waals surface area contributed by atoms with Gasteiger partial charge in [0.05, 0.1) is 11.9 Å². The number of carboxylic acid groups (broad SMARTS) is 1. The van der Waals surface area contributed by atoms with Crippen LogP contribution in [0.3, 0.4) is 0 Å². The van der Waals surface area contributed by atoms with Crippen molar-refractivity contribution in [2.45, 2.75) is 42.4 Å². The molecule has 0 spiro atoms. The molecule has 8 heteroatoms. The van der Waals surface area contributed by atoms with Gasteiger partial charge in [0.15, 0.2) is 5.69 Å². The van der Waals surface area contributed by atoms with Crippen LogP contribution in [0.1, 0.15) is 36.2 Å². The van der Waals surface area contributed by atoms with Crippen molar-refractivity contribution < 1.29 is 14.7 Å². The Bertz CT molecular complexity index is 740. The molecule has 126 valence electrons. The van der Waals surface area contributed by atoms with Gasteiger partial charge in [-0.15, -0.1) is 16.9 Å². The van der Waals surface area contributed by atoms with Gasteiger partial charge in [0.2, 0.25) is 5.91 Å². The molecule has 0 aliphatic heterocycles. The Morgan fingerprint density at radius 1 is 1.29 bits per heavy atom. The third-order valence-electron chi connectivity index (χ3n) is 3.82. The van der Waals surface area contributed by atoms with E-state index in [0.717, 1.165) is 10.6 Å². The first-order chi connectivity index (χ1) is 11.6. The topological polar surface area (TPSA) is 97.1 Å². The number of para-hydroxylation sites is 1. The van der Waals surface area contributed by atoms with Crippen molar-refractivity contribution in [2.75, 3.05) is 5.32 Å². The molecule has 7 nitrogen and oxygen atoms in total. The maximum atomic E-state index is 12.2.